The quantitative estimate of drug-likeness (QED) is 0.582. The molecular formula is C13H26N2O3. The molecule has 0 rings (SSSR count). The fourth-order valence-corrected chi connectivity index (χ4v) is 1.99. The summed E-state index contributed by atoms with van der Waals surface area (Å²) >= 11 is 0. The number of nitrogens with one attached hydrogen (secondary N) is 1. The number of carbonyl (C=O) groups excluding carboxylic acids is 1. The van der Waals surface area contributed by atoms with Crippen molar-refractivity contribution in [1.29, 1.82) is 0 Å². The van der Waals surface area contributed by atoms with Crippen LogP contribution in [0.1, 0.15) is 46.5 Å². The molecule has 0 heterocycles. The molecule has 5 nitrogen and oxygen atoms in total. The normalized spacial score (nSPS) is 14.3. The molecule has 18 heavy (non-hydrogen) atoms. The number of rotatable bonds is 9. The maximum absolute atomic E-state index is 11.8. The maximum Gasteiger partial charge on any atom is 0.326 e. The van der Waals surface area contributed by atoms with Gasteiger partial charge in [0.25, 0.3) is 0 Å². The third kappa shape index (κ3) is 7.27. The van der Waals surface area contributed by atoms with Gasteiger partial charge >= 0.3 is 5.97 Å². The molecule has 0 aliphatic rings. The molecule has 0 saturated carbocycles. The molecule has 0 aromatic carbocycles. The van der Waals surface area contributed by atoms with Gasteiger partial charge in [-0.3, -0.25) is 4.79 Å². The average molecular weight is 258 g/mol. The van der Waals surface area contributed by atoms with Crippen LogP contribution < -0.4 is 11.1 Å². The molecule has 0 fully saturated rings. The first-order chi connectivity index (χ1) is 8.40. The molecule has 0 spiro atoms. The fourth-order valence-electron chi connectivity index (χ4n) is 1.99. The van der Waals surface area contributed by atoms with Gasteiger partial charge in [0.05, 0.1) is 0 Å². The second kappa shape index (κ2) is 8.91. The Morgan fingerprint density at radius 3 is 2.33 bits per heavy atom. The zero-order chi connectivity index (χ0) is 14.1. The first kappa shape index (κ1) is 16.9. The molecule has 0 bridgehead atoms. The van der Waals surface area contributed by atoms with E-state index in [4.69, 9.17) is 10.8 Å². The number of carboxylic acid groups (broad SMARTS) is 1. The molecule has 5 heteroatoms. The summed E-state index contributed by atoms with van der Waals surface area (Å²) in [5, 5.41) is 11.5. The standard InChI is InChI=1S/C13H26N2O3/c1-4-5-11(13(17)18)15-12(16)7-10(8-14)6-9(2)3/h9-11H,4-8,14H2,1-3H3,(H,15,16)(H,17,18)/t10?,11-/m0/s1. The predicted octanol–water partition coefficient (Wildman–Crippen LogP) is 1.37. The van der Waals surface area contributed by atoms with Crippen LogP contribution in [0.25, 0.3) is 0 Å². The molecule has 2 atom stereocenters. The van der Waals surface area contributed by atoms with E-state index in [9.17, 15) is 9.59 Å². The SMILES string of the molecule is CCC[C@H](NC(=O)CC(CN)CC(C)C)C(=O)O. The van der Waals surface area contributed by atoms with Gasteiger partial charge < -0.3 is 16.2 Å². The number of amides is 1. The third-order valence-corrected chi connectivity index (χ3v) is 2.82. The van der Waals surface area contributed by atoms with E-state index in [1.807, 2.05) is 6.92 Å². The lowest BCUT2D eigenvalue weighted by molar-refractivity contribution is -0.142. The Labute approximate surface area is 109 Å². The van der Waals surface area contributed by atoms with Crippen molar-refractivity contribution in [2.24, 2.45) is 17.6 Å². The van der Waals surface area contributed by atoms with Gasteiger partial charge in [-0.15, -0.1) is 0 Å². The Balaban J connectivity index is 4.24. The third-order valence-electron chi connectivity index (χ3n) is 2.82. The van der Waals surface area contributed by atoms with Crippen molar-refractivity contribution in [3.63, 3.8) is 0 Å². The van der Waals surface area contributed by atoms with Crippen molar-refractivity contribution < 1.29 is 14.7 Å². The van der Waals surface area contributed by atoms with Gasteiger partial charge in [-0.2, -0.15) is 0 Å². The number of aliphatic carboxylic acids is 1. The molecule has 0 aliphatic heterocycles. The van der Waals surface area contributed by atoms with Gasteiger partial charge in [0.1, 0.15) is 6.04 Å². The smallest absolute Gasteiger partial charge is 0.326 e. The van der Waals surface area contributed by atoms with Crippen molar-refractivity contribution in [3.05, 3.63) is 0 Å². The summed E-state index contributed by atoms with van der Waals surface area (Å²) in [6.45, 7) is 6.51. The zero-order valence-corrected chi connectivity index (χ0v) is 11.6. The summed E-state index contributed by atoms with van der Waals surface area (Å²) in [7, 11) is 0. The van der Waals surface area contributed by atoms with Crippen molar-refractivity contribution >= 4 is 11.9 Å². The van der Waals surface area contributed by atoms with Crippen molar-refractivity contribution in [1.82, 2.24) is 5.32 Å². The molecule has 1 amide bonds. The first-order valence-corrected chi connectivity index (χ1v) is 6.62. The minimum absolute atomic E-state index is 0.126. The van der Waals surface area contributed by atoms with Crippen LogP contribution in [-0.4, -0.2) is 29.6 Å². The van der Waals surface area contributed by atoms with Crippen molar-refractivity contribution in [2.45, 2.75) is 52.5 Å². The number of hydrogen-bond donors (Lipinski definition) is 3. The van der Waals surface area contributed by atoms with Crippen LogP contribution >= 0.6 is 0 Å². The van der Waals surface area contributed by atoms with Crippen LogP contribution in [-0.2, 0) is 9.59 Å². The van der Waals surface area contributed by atoms with Crippen LogP contribution in [0.5, 0.6) is 0 Å². The van der Waals surface area contributed by atoms with Crippen LogP contribution in [0.15, 0.2) is 0 Å². The number of hydrogen-bond acceptors (Lipinski definition) is 3. The first-order valence-electron chi connectivity index (χ1n) is 6.62. The van der Waals surface area contributed by atoms with Gasteiger partial charge in [-0.05, 0) is 31.2 Å². The van der Waals surface area contributed by atoms with E-state index < -0.39 is 12.0 Å². The second-order valence-corrected chi connectivity index (χ2v) is 5.18. The lowest BCUT2D eigenvalue weighted by Crippen LogP contribution is -2.41. The lowest BCUT2D eigenvalue weighted by Gasteiger charge is -2.19. The molecule has 1 unspecified atom stereocenters. The van der Waals surface area contributed by atoms with Gasteiger partial charge in [-0.1, -0.05) is 27.2 Å². The van der Waals surface area contributed by atoms with Gasteiger partial charge in [0.2, 0.25) is 5.91 Å². The molecule has 0 radical (unpaired) electrons. The monoisotopic (exact) mass is 258 g/mol. The number of carboxylic acids is 1. The van der Waals surface area contributed by atoms with E-state index in [-0.39, 0.29) is 11.8 Å². The molecule has 0 aromatic rings. The summed E-state index contributed by atoms with van der Waals surface area (Å²) in [4.78, 5) is 22.7. The summed E-state index contributed by atoms with van der Waals surface area (Å²) in [5.74, 6) is -0.580. The van der Waals surface area contributed by atoms with E-state index in [2.05, 4.69) is 19.2 Å². The highest BCUT2D eigenvalue weighted by atomic mass is 16.4. The van der Waals surface area contributed by atoms with E-state index in [0.717, 1.165) is 12.8 Å². The fraction of sp³-hybridized carbons (Fsp3) is 0.846. The van der Waals surface area contributed by atoms with Crippen LogP contribution in [0.4, 0.5) is 0 Å². The molecule has 106 valence electrons. The summed E-state index contributed by atoms with van der Waals surface area (Å²) in [5.41, 5.74) is 5.62. The van der Waals surface area contributed by atoms with E-state index in [0.29, 0.717) is 25.3 Å². The number of carbonyl (C=O) groups is 2. The Hall–Kier alpha value is -1.10. The van der Waals surface area contributed by atoms with Crippen LogP contribution in [0.2, 0.25) is 0 Å². The highest BCUT2D eigenvalue weighted by molar-refractivity contribution is 5.83. The lowest BCUT2D eigenvalue weighted by atomic mass is 9.94. The van der Waals surface area contributed by atoms with Crippen molar-refractivity contribution in [3.8, 4) is 0 Å². The molecule has 0 aromatic heterocycles. The molecule has 0 saturated heterocycles. The van der Waals surface area contributed by atoms with Gasteiger partial charge in [-0.25, -0.2) is 4.79 Å². The summed E-state index contributed by atoms with van der Waals surface area (Å²) in [6, 6.07) is -0.778. The van der Waals surface area contributed by atoms with E-state index >= 15 is 0 Å². The summed E-state index contributed by atoms with van der Waals surface area (Å²) < 4.78 is 0. The van der Waals surface area contributed by atoms with Crippen LogP contribution in [0.3, 0.4) is 0 Å². The van der Waals surface area contributed by atoms with Gasteiger partial charge in [0.15, 0.2) is 0 Å². The highest BCUT2D eigenvalue weighted by Gasteiger charge is 2.21. The predicted molar refractivity (Wildman–Crippen MR) is 71.1 cm³/mol. The Bertz CT molecular complexity index is 267. The second-order valence-electron chi connectivity index (χ2n) is 5.18. The van der Waals surface area contributed by atoms with E-state index in [1.54, 1.807) is 0 Å². The summed E-state index contributed by atoms with van der Waals surface area (Å²) in [6.07, 6.45) is 2.37. The highest BCUT2D eigenvalue weighted by Crippen LogP contribution is 2.14. The minimum atomic E-state index is -0.974. The maximum atomic E-state index is 11.8. The largest absolute Gasteiger partial charge is 0.480 e. The van der Waals surface area contributed by atoms with E-state index in [1.165, 1.54) is 0 Å². The van der Waals surface area contributed by atoms with Crippen LogP contribution in [0, 0.1) is 11.8 Å². The zero-order valence-electron chi connectivity index (χ0n) is 11.6. The van der Waals surface area contributed by atoms with Gasteiger partial charge in [0, 0.05) is 6.42 Å². The minimum Gasteiger partial charge on any atom is -0.480 e. The number of nitrogens with two attached hydrogens (primary N) is 1. The average Bonchev–Trinajstić information content (AvgIpc) is 2.26. The van der Waals surface area contributed by atoms with Crippen molar-refractivity contribution in [2.75, 3.05) is 6.54 Å². The Morgan fingerprint density at radius 1 is 1.33 bits per heavy atom. The molecule has 0 aliphatic carbocycles. The topological polar surface area (TPSA) is 92.4 Å². The molecular weight excluding hydrogens is 232 g/mol. The Kier molecular flexibility index (Phi) is 8.37. The molecule has 4 N–H and O–H groups in total. The Morgan fingerprint density at radius 2 is 1.94 bits per heavy atom.